The summed E-state index contributed by atoms with van der Waals surface area (Å²) in [5.41, 5.74) is 1.87. The SMILES string of the molecule is C/C(=N\O)C(C)CCc1ccccn1. The molecule has 0 bridgehead atoms. The van der Waals surface area contributed by atoms with Crippen molar-refractivity contribution in [3.05, 3.63) is 30.1 Å². The van der Waals surface area contributed by atoms with Crippen molar-refractivity contribution in [3.8, 4) is 0 Å². The summed E-state index contributed by atoms with van der Waals surface area (Å²) in [6, 6.07) is 5.91. The van der Waals surface area contributed by atoms with E-state index in [0.717, 1.165) is 24.2 Å². The highest BCUT2D eigenvalue weighted by molar-refractivity contribution is 5.83. The van der Waals surface area contributed by atoms with Gasteiger partial charge in [0, 0.05) is 11.9 Å². The van der Waals surface area contributed by atoms with Crippen LogP contribution in [0.5, 0.6) is 0 Å². The van der Waals surface area contributed by atoms with Crippen LogP contribution in [0.25, 0.3) is 0 Å². The molecular weight excluding hydrogens is 176 g/mol. The summed E-state index contributed by atoms with van der Waals surface area (Å²) in [5.74, 6) is 0.307. The summed E-state index contributed by atoms with van der Waals surface area (Å²) in [7, 11) is 0. The lowest BCUT2D eigenvalue weighted by molar-refractivity contribution is 0.314. The first-order valence-corrected chi connectivity index (χ1v) is 4.82. The van der Waals surface area contributed by atoms with Gasteiger partial charge in [-0.2, -0.15) is 0 Å². The highest BCUT2D eigenvalue weighted by atomic mass is 16.4. The quantitative estimate of drug-likeness (QED) is 0.452. The number of nitrogens with zero attached hydrogens (tertiary/aromatic N) is 2. The van der Waals surface area contributed by atoms with Crippen LogP contribution in [0.3, 0.4) is 0 Å². The maximum Gasteiger partial charge on any atom is 0.0568 e. The predicted octanol–water partition coefficient (Wildman–Crippen LogP) is 2.50. The van der Waals surface area contributed by atoms with Crippen LogP contribution in [0, 0.1) is 5.92 Å². The van der Waals surface area contributed by atoms with Gasteiger partial charge in [0.15, 0.2) is 0 Å². The molecule has 0 aromatic carbocycles. The van der Waals surface area contributed by atoms with E-state index in [9.17, 15) is 0 Å². The topological polar surface area (TPSA) is 45.5 Å². The zero-order chi connectivity index (χ0) is 10.4. The van der Waals surface area contributed by atoms with Crippen molar-refractivity contribution >= 4 is 5.71 Å². The van der Waals surface area contributed by atoms with Gasteiger partial charge in [-0.3, -0.25) is 4.98 Å². The molecule has 0 fully saturated rings. The molecule has 1 rings (SSSR count). The average Bonchev–Trinajstić information content (AvgIpc) is 2.26. The van der Waals surface area contributed by atoms with Crippen LogP contribution in [-0.4, -0.2) is 15.9 Å². The van der Waals surface area contributed by atoms with Gasteiger partial charge in [-0.15, -0.1) is 0 Å². The van der Waals surface area contributed by atoms with Gasteiger partial charge in [-0.25, -0.2) is 0 Å². The second-order valence-electron chi connectivity index (χ2n) is 3.50. The van der Waals surface area contributed by atoms with E-state index in [0.29, 0.717) is 5.92 Å². The largest absolute Gasteiger partial charge is 0.411 e. The summed E-state index contributed by atoms with van der Waals surface area (Å²) in [4.78, 5) is 4.23. The Morgan fingerprint density at radius 2 is 2.36 bits per heavy atom. The van der Waals surface area contributed by atoms with Crippen LogP contribution in [0.1, 0.15) is 26.0 Å². The molecule has 76 valence electrons. The number of hydrogen-bond acceptors (Lipinski definition) is 3. The Morgan fingerprint density at radius 1 is 1.57 bits per heavy atom. The Bertz CT molecular complexity index is 295. The standard InChI is InChI=1S/C11H16N2O/c1-9(10(2)13-14)6-7-11-5-3-4-8-12-11/h3-5,8-9,14H,6-7H2,1-2H3/b13-10+. The van der Waals surface area contributed by atoms with Gasteiger partial charge in [-0.05, 0) is 37.8 Å². The molecule has 1 atom stereocenters. The highest BCUT2D eigenvalue weighted by Crippen LogP contribution is 2.09. The van der Waals surface area contributed by atoms with Crippen LogP contribution >= 0.6 is 0 Å². The fraction of sp³-hybridized carbons (Fsp3) is 0.455. The lowest BCUT2D eigenvalue weighted by Crippen LogP contribution is -2.08. The molecule has 0 saturated carbocycles. The molecule has 1 heterocycles. The molecule has 1 aromatic heterocycles. The Labute approximate surface area is 84.5 Å². The van der Waals surface area contributed by atoms with E-state index in [4.69, 9.17) is 5.21 Å². The Morgan fingerprint density at radius 3 is 2.93 bits per heavy atom. The molecule has 1 unspecified atom stereocenters. The van der Waals surface area contributed by atoms with Crippen LogP contribution in [0.15, 0.2) is 29.6 Å². The van der Waals surface area contributed by atoms with Gasteiger partial charge in [0.25, 0.3) is 0 Å². The summed E-state index contributed by atoms with van der Waals surface area (Å²) in [6.07, 6.45) is 3.69. The van der Waals surface area contributed by atoms with Gasteiger partial charge >= 0.3 is 0 Å². The molecule has 14 heavy (non-hydrogen) atoms. The Balaban J connectivity index is 2.42. The molecule has 3 heteroatoms. The van der Waals surface area contributed by atoms with E-state index in [-0.39, 0.29) is 0 Å². The van der Waals surface area contributed by atoms with E-state index in [1.165, 1.54) is 0 Å². The molecule has 1 N–H and O–H groups in total. The summed E-state index contributed by atoms with van der Waals surface area (Å²) in [6.45, 7) is 3.89. The van der Waals surface area contributed by atoms with Crippen LogP contribution in [-0.2, 0) is 6.42 Å². The third kappa shape index (κ3) is 3.17. The zero-order valence-electron chi connectivity index (χ0n) is 8.64. The molecular formula is C11H16N2O. The third-order valence-corrected chi connectivity index (χ3v) is 2.43. The summed E-state index contributed by atoms with van der Waals surface area (Å²) in [5, 5.41) is 11.8. The van der Waals surface area contributed by atoms with Gasteiger partial charge in [0.1, 0.15) is 0 Å². The van der Waals surface area contributed by atoms with E-state index < -0.39 is 0 Å². The molecule has 0 aliphatic rings. The smallest absolute Gasteiger partial charge is 0.0568 e. The number of aromatic nitrogens is 1. The number of hydrogen-bond donors (Lipinski definition) is 1. The third-order valence-electron chi connectivity index (χ3n) is 2.43. The first-order valence-electron chi connectivity index (χ1n) is 4.82. The maximum absolute atomic E-state index is 8.57. The first-order chi connectivity index (χ1) is 6.74. The van der Waals surface area contributed by atoms with E-state index >= 15 is 0 Å². The van der Waals surface area contributed by atoms with Gasteiger partial charge in [-0.1, -0.05) is 18.1 Å². The van der Waals surface area contributed by atoms with Crippen molar-refractivity contribution in [1.29, 1.82) is 0 Å². The molecule has 0 saturated heterocycles. The zero-order valence-corrected chi connectivity index (χ0v) is 8.64. The van der Waals surface area contributed by atoms with Crippen molar-refractivity contribution in [3.63, 3.8) is 0 Å². The second kappa shape index (κ2) is 5.37. The Hall–Kier alpha value is -1.38. The maximum atomic E-state index is 8.57. The number of aryl methyl sites for hydroxylation is 1. The minimum atomic E-state index is 0.307. The van der Waals surface area contributed by atoms with Crippen molar-refractivity contribution in [2.45, 2.75) is 26.7 Å². The normalized spacial score (nSPS) is 14.0. The molecule has 1 aromatic rings. The van der Waals surface area contributed by atoms with Gasteiger partial charge in [0.2, 0.25) is 0 Å². The average molecular weight is 192 g/mol. The van der Waals surface area contributed by atoms with Crippen molar-refractivity contribution in [1.82, 2.24) is 4.98 Å². The van der Waals surface area contributed by atoms with Gasteiger partial charge < -0.3 is 5.21 Å². The predicted molar refractivity (Wildman–Crippen MR) is 56.6 cm³/mol. The monoisotopic (exact) mass is 192 g/mol. The number of rotatable bonds is 4. The first kappa shape index (κ1) is 10.7. The lowest BCUT2D eigenvalue weighted by Gasteiger charge is -2.08. The molecule has 0 amide bonds. The molecule has 3 nitrogen and oxygen atoms in total. The fourth-order valence-electron chi connectivity index (χ4n) is 1.22. The number of pyridine rings is 1. The lowest BCUT2D eigenvalue weighted by atomic mass is 10.00. The highest BCUT2D eigenvalue weighted by Gasteiger charge is 2.06. The number of oxime groups is 1. The minimum Gasteiger partial charge on any atom is -0.411 e. The van der Waals surface area contributed by atoms with Crippen LogP contribution < -0.4 is 0 Å². The minimum absolute atomic E-state index is 0.307. The Kier molecular flexibility index (Phi) is 4.11. The van der Waals surface area contributed by atoms with Crippen LogP contribution in [0.2, 0.25) is 0 Å². The van der Waals surface area contributed by atoms with E-state index in [2.05, 4.69) is 17.1 Å². The van der Waals surface area contributed by atoms with Crippen molar-refractivity contribution in [2.24, 2.45) is 11.1 Å². The second-order valence-corrected chi connectivity index (χ2v) is 3.50. The molecule has 0 spiro atoms. The van der Waals surface area contributed by atoms with Crippen LogP contribution in [0.4, 0.5) is 0 Å². The van der Waals surface area contributed by atoms with E-state index in [1.54, 1.807) is 6.20 Å². The summed E-state index contributed by atoms with van der Waals surface area (Å²) < 4.78 is 0. The molecule has 0 aliphatic heterocycles. The molecule has 0 aliphatic carbocycles. The van der Waals surface area contributed by atoms with E-state index in [1.807, 2.05) is 25.1 Å². The van der Waals surface area contributed by atoms with Crippen molar-refractivity contribution < 1.29 is 5.21 Å². The van der Waals surface area contributed by atoms with Crippen molar-refractivity contribution in [2.75, 3.05) is 0 Å². The van der Waals surface area contributed by atoms with Gasteiger partial charge in [0.05, 0.1) is 5.71 Å². The molecule has 0 radical (unpaired) electrons. The fourth-order valence-corrected chi connectivity index (χ4v) is 1.22. The summed E-state index contributed by atoms with van der Waals surface area (Å²) >= 11 is 0.